The molecule has 6 nitrogen and oxygen atoms in total. The van der Waals surface area contributed by atoms with Crippen molar-refractivity contribution in [2.24, 2.45) is 0 Å². The molecule has 2 aromatic carbocycles. The van der Waals surface area contributed by atoms with Gasteiger partial charge < -0.3 is 4.74 Å². The molecule has 0 unspecified atom stereocenters. The summed E-state index contributed by atoms with van der Waals surface area (Å²) in [5, 5.41) is 2.29. The number of benzene rings is 2. The molecule has 2 N–H and O–H groups in total. The van der Waals surface area contributed by atoms with Crippen LogP contribution < -0.4 is 20.7 Å². The van der Waals surface area contributed by atoms with Gasteiger partial charge in [-0.25, -0.2) is 9.78 Å². The average molecular weight is 378 g/mol. The summed E-state index contributed by atoms with van der Waals surface area (Å²) in [6, 6.07) is 18.0. The number of aromatic nitrogens is 2. The zero-order valence-electron chi connectivity index (χ0n) is 14.4. The van der Waals surface area contributed by atoms with Crippen LogP contribution in [0.15, 0.2) is 70.8 Å². The predicted octanol–water partition coefficient (Wildman–Crippen LogP) is 2.94. The molecule has 4 aromatic rings. The fourth-order valence-electron chi connectivity index (χ4n) is 2.88. The third-order valence-corrected chi connectivity index (χ3v) is 5.03. The standard InChI is InChI=1S/C20H15N3O3S/c1-26-16-10-5-3-8-14(16)18-21-15-9-4-2-7-13(15)20(25)23(18)22-19(24)17-11-6-12-27-17/h2-12H,1H3,(H,22,24)/p+1. The Bertz CT molecular complexity index is 1180. The Balaban J connectivity index is 1.96. The van der Waals surface area contributed by atoms with Crippen LogP contribution in [0, 0.1) is 0 Å². The molecule has 0 atom stereocenters. The average Bonchev–Trinajstić information content (AvgIpc) is 3.25. The summed E-state index contributed by atoms with van der Waals surface area (Å²) < 4.78 is 6.68. The Kier molecular flexibility index (Phi) is 4.43. The molecule has 0 radical (unpaired) electrons. The summed E-state index contributed by atoms with van der Waals surface area (Å²) in [5.74, 6) is 0.663. The lowest BCUT2D eigenvalue weighted by molar-refractivity contribution is -0.337. The van der Waals surface area contributed by atoms with Gasteiger partial charge >= 0.3 is 11.4 Å². The van der Waals surface area contributed by atoms with Gasteiger partial charge in [0, 0.05) is 0 Å². The Labute approximate surface area is 158 Å². The number of fused-ring (bicyclic) bond motifs is 1. The van der Waals surface area contributed by atoms with Crippen LogP contribution in [0.1, 0.15) is 9.67 Å². The minimum Gasteiger partial charge on any atom is -0.496 e. The summed E-state index contributed by atoms with van der Waals surface area (Å²) in [6.45, 7) is 0. The van der Waals surface area contributed by atoms with Crippen LogP contribution in [-0.2, 0) is 0 Å². The van der Waals surface area contributed by atoms with Crippen LogP contribution in [0.2, 0.25) is 0 Å². The zero-order valence-corrected chi connectivity index (χ0v) is 15.2. The SMILES string of the molecule is COc1ccccc1-c1[nH+]c2ccccc2c(=O)n1NC(=O)c1cccs1. The molecule has 134 valence electrons. The number of hydrogen-bond acceptors (Lipinski definition) is 4. The molecule has 0 aliphatic heterocycles. The first-order valence-electron chi connectivity index (χ1n) is 8.24. The van der Waals surface area contributed by atoms with Crippen molar-refractivity contribution < 1.29 is 14.5 Å². The summed E-state index contributed by atoms with van der Waals surface area (Å²) in [7, 11) is 1.56. The monoisotopic (exact) mass is 378 g/mol. The summed E-state index contributed by atoms with van der Waals surface area (Å²) in [5.41, 5.74) is 3.72. The number of aromatic amines is 1. The lowest BCUT2D eigenvalue weighted by Gasteiger charge is -2.10. The number of hydrogen-bond donors (Lipinski definition) is 1. The van der Waals surface area contributed by atoms with Crippen LogP contribution in [0.5, 0.6) is 5.75 Å². The van der Waals surface area contributed by atoms with Crippen molar-refractivity contribution in [3.8, 4) is 17.1 Å². The number of nitrogens with one attached hydrogen (secondary N) is 2. The third kappa shape index (κ3) is 3.09. The maximum atomic E-state index is 13.1. The molecule has 4 rings (SSSR count). The van der Waals surface area contributed by atoms with Crippen LogP contribution in [0.25, 0.3) is 22.3 Å². The van der Waals surface area contributed by atoms with E-state index in [0.717, 1.165) is 0 Å². The molecular weight excluding hydrogens is 362 g/mol. The zero-order chi connectivity index (χ0) is 18.8. The van der Waals surface area contributed by atoms with Gasteiger partial charge in [0.05, 0.1) is 12.0 Å². The molecule has 0 saturated carbocycles. The van der Waals surface area contributed by atoms with E-state index in [2.05, 4.69) is 10.4 Å². The van der Waals surface area contributed by atoms with Gasteiger partial charge in [0.2, 0.25) is 0 Å². The minimum atomic E-state index is -0.355. The quantitative estimate of drug-likeness (QED) is 0.593. The van der Waals surface area contributed by atoms with Crippen molar-refractivity contribution in [2.75, 3.05) is 12.5 Å². The molecular formula is C20H16N3O3S+. The summed E-state index contributed by atoms with van der Waals surface area (Å²) >= 11 is 1.31. The largest absolute Gasteiger partial charge is 0.496 e. The second-order valence-corrected chi connectivity index (χ2v) is 6.73. The Morgan fingerprint density at radius 1 is 1.07 bits per heavy atom. The number of methoxy groups -OCH3 is 1. The molecule has 0 aliphatic carbocycles. The number of para-hydroxylation sites is 2. The number of carbonyl (C=O) groups is 1. The fraction of sp³-hybridized carbons (Fsp3) is 0.0500. The Morgan fingerprint density at radius 3 is 2.63 bits per heavy atom. The summed E-state index contributed by atoms with van der Waals surface area (Å²) in [4.78, 5) is 29.5. The number of rotatable bonds is 4. The van der Waals surface area contributed by atoms with E-state index >= 15 is 0 Å². The van der Waals surface area contributed by atoms with E-state index in [1.807, 2.05) is 35.7 Å². The van der Waals surface area contributed by atoms with Gasteiger partial charge in [-0.2, -0.15) is 5.43 Å². The lowest BCUT2D eigenvalue weighted by Crippen LogP contribution is -2.38. The van der Waals surface area contributed by atoms with E-state index in [0.29, 0.717) is 32.9 Å². The van der Waals surface area contributed by atoms with Crippen LogP contribution in [-0.4, -0.2) is 17.7 Å². The number of H-pyrrole nitrogens is 1. The van der Waals surface area contributed by atoms with E-state index in [1.165, 1.54) is 16.0 Å². The normalized spacial score (nSPS) is 10.7. The Hall–Kier alpha value is -3.45. The predicted molar refractivity (Wildman–Crippen MR) is 105 cm³/mol. The molecule has 2 aromatic heterocycles. The van der Waals surface area contributed by atoms with Crippen LogP contribution in [0.4, 0.5) is 0 Å². The molecule has 7 heteroatoms. The lowest BCUT2D eigenvalue weighted by atomic mass is 10.1. The maximum absolute atomic E-state index is 13.1. The number of amides is 1. The smallest absolute Gasteiger partial charge is 0.369 e. The van der Waals surface area contributed by atoms with Gasteiger partial charge in [0.25, 0.3) is 5.91 Å². The number of carbonyl (C=O) groups excluding carboxylic acids is 1. The molecule has 0 aliphatic rings. The number of nitrogens with zero attached hydrogens (tertiary/aromatic N) is 1. The van der Waals surface area contributed by atoms with E-state index in [4.69, 9.17) is 4.74 Å². The van der Waals surface area contributed by atoms with E-state index in [-0.39, 0.29) is 11.5 Å². The first-order valence-corrected chi connectivity index (χ1v) is 9.12. The van der Waals surface area contributed by atoms with E-state index in [1.54, 1.807) is 37.4 Å². The molecule has 0 bridgehead atoms. The second kappa shape index (κ2) is 7.05. The molecule has 27 heavy (non-hydrogen) atoms. The van der Waals surface area contributed by atoms with Crippen LogP contribution >= 0.6 is 11.3 Å². The Morgan fingerprint density at radius 2 is 1.85 bits per heavy atom. The highest BCUT2D eigenvalue weighted by atomic mass is 32.1. The molecule has 1 amide bonds. The fourth-order valence-corrected chi connectivity index (χ4v) is 3.50. The van der Waals surface area contributed by atoms with E-state index < -0.39 is 0 Å². The number of thiophene rings is 1. The first kappa shape index (κ1) is 17.0. The molecule has 0 fully saturated rings. The second-order valence-electron chi connectivity index (χ2n) is 5.78. The highest BCUT2D eigenvalue weighted by molar-refractivity contribution is 7.12. The molecule has 0 saturated heterocycles. The van der Waals surface area contributed by atoms with Crippen molar-refractivity contribution in [3.63, 3.8) is 0 Å². The van der Waals surface area contributed by atoms with Gasteiger partial charge in [-0.05, 0) is 35.7 Å². The van der Waals surface area contributed by atoms with Crippen molar-refractivity contribution in [2.45, 2.75) is 0 Å². The van der Waals surface area contributed by atoms with Crippen molar-refractivity contribution in [1.82, 2.24) is 4.68 Å². The van der Waals surface area contributed by atoms with E-state index in [9.17, 15) is 9.59 Å². The number of ether oxygens (including phenoxy) is 1. The van der Waals surface area contributed by atoms with Crippen molar-refractivity contribution >= 4 is 28.1 Å². The van der Waals surface area contributed by atoms with Crippen molar-refractivity contribution in [1.29, 1.82) is 0 Å². The van der Waals surface area contributed by atoms with Crippen molar-refractivity contribution in [3.05, 3.63) is 81.3 Å². The summed E-state index contributed by atoms with van der Waals surface area (Å²) in [6.07, 6.45) is 0. The highest BCUT2D eigenvalue weighted by Crippen LogP contribution is 2.26. The van der Waals surface area contributed by atoms with Gasteiger partial charge in [-0.15, -0.1) is 11.3 Å². The molecule has 0 spiro atoms. The van der Waals surface area contributed by atoms with Gasteiger partial charge in [-0.3, -0.25) is 4.79 Å². The third-order valence-electron chi connectivity index (χ3n) is 4.16. The van der Waals surface area contributed by atoms with Gasteiger partial charge in [0.1, 0.15) is 22.2 Å². The molecule has 2 heterocycles. The van der Waals surface area contributed by atoms with Crippen LogP contribution in [0.3, 0.4) is 0 Å². The topological polar surface area (TPSA) is 74.5 Å². The maximum Gasteiger partial charge on any atom is 0.369 e. The first-order chi connectivity index (χ1) is 13.2. The minimum absolute atomic E-state index is 0.324. The highest BCUT2D eigenvalue weighted by Gasteiger charge is 2.25. The van der Waals surface area contributed by atoms with Gasteiger partial charge in [-0.1, -0.05) is 35.0 Å². The van der Waals surface area contributed by atoms with Gasteiger partial charge in [0.15, 0.2) is 0 Å².